The van der Waals surface area contributed by atoms with Gasteiger partial charge in [-0.1, -0.05) is 19.8 Å². The van der Waals surface area contributed by atoms with E-state index in [1.165, 1.54) is 0 Å². The number of unbranched alkanes of at least 4 members (excludes halogenated alkanes) is 2. The largest absolute Gasteiger partial charge is 0.479 e. The highest BCUT2D eigenvalue weighted by atomic mass is 16.4. The van der Waals surface area contributed by atoms with E-state index in [-0.39, 0.29) is 6.42 Å². The number of rotatable bonds is 6. The second-order valence-corrected chi connectivity index (χ2v) is 2.66. The smallest absolute Gasteiger partial charge is 0.340 e. The van der Waals surface area contributed by atoms with Crippen LogP contribution in [0.3, 0.4) is 0 Å². The first-order chi connectivity index (χ1) is 5.59. The zero-order valence-corrected chi connectivity index (χ0v) is 7.12. The predicted molar refractivity (Wildman–Crippen MR) is 42.8 cm³/mol. The Balaban J connectivity index is 3.65. The number of carboxylic acid groups (broad SMARTS) is 1. The summed E-state index contributed by atoms with van der Waals surface area (Å²) in [5, 5.41) is 17.0. The van der Waals surface area contributed by atoms with Gasteiger partial charge in [-0.2, -0.15) is 0 Å². The third-order valence-corrected chi connectivity index (χ3v) is 1.57. The molecular formula is C8H14O4. The average Bonchev–Trinajstić information content (AvgIpc) is 2.03. The highest BCUT2D eigenvalue weighted by molar-refractivity contribution is 6.00. The van der Waals surface area contributed by atoms with Crippen LogP contribution in [0, 0.1) is 0 Å². The van der Waals surface area contributed by atoms with E-state index in [0.717, 1.165) is 12.8 Å². The van der Waals surface area contributed by atoms with Crippen molar-refractivity contribution < 1.29 is 19.8 Å². The minimum absolute atomic E-state index is 0.154. The highest BCUT2D eigenvalue weighted by Gasteiger charge is 2.21. The summed E-state index contributed by atoms with van der Waals surface area (Å²) in [6.07, 6.45) is 0.831. The van der Waals surface area contributed by atoms with E-state index in [4.69, 9.17) is 10.2 Å². The number of Topliss-reactive ketones (excluding diaryl/α,β-unsaturated/α-hetero) is 1. The Morgan fingerprint density at radius 3 is 2.33 bits per heavy atom. The Morgan fingerprint density at radius 1 is 1.33 bits per heavy atom. The number of aliphatic hydroxyl groups is 1. The molecule has 0 spiro atoms. The molecule has 0 aliphatic heterocycles. The van der Waals surface area contributed by atoms with Crippen LogP contribution in [0.15, 0.2) is 0 Å². The van der Waals surface area contributed by atoms with Crippen molar-refractivity contribution in [1.29, 1.82) is 0 Å². The minimum Gasteiger partial charge on any atom is -0.479 e. The van der Waals surface area contributed by atoms with E-state index in [2.05, 4.69) is 0 Å². The summed E-state index contributed by atoms with van der Waals surface area (Å²) in [4.78, 5) is 20.9. The molecule has 4 heteroatoms. The third-order valence-electron chi connectivity index (χ3n) is 1.57. The van der Waals surface area contributed by atoms with Crippen LogP contribution >= 0.6 is 0 Å². The molecule has 0 saturated heterocycles. The normalized spacial score (nSPS) is 12.5. The predicted octanol–water partition coefficient (Wildman–Crippen LogP) is 0.581. The summed E-state index contributed by atoms with van der Waals surface area (Å²) in [5.41, 5.74) is 0. The van der Waals surface area contributed by atoms with Crippen molar-refractivity contribution in [1.82, 2.24) is 0 Å². The SMILES string of the molecule is CCCCCC(=O)C(O)C(=O)O. The Bertz CT molecular complexity index is 164. The van der Waals surface area contributed by atoms with Gasteiger partial charge in [-0.3, -0.25) is 4.79 Å². The lowest BCUT2D eigenvalue weighted by Gasteiger charge is -2.02. The molecule has 1 atom stereocenters. The van der Waals surface area contributed by atoms with Crippen LogP contribution in [0.1, 0.15) is 32.6 Å². The molecule has 2 N–H and O–H groups in total. The Labute approximate surface area is 71.2 Å². The molecular weight excluding hydrogens is 160 g/mol. The van der Waals surface area contributed by atoms with E-state index in [1.54, 1.807) is 0 Å². The van der Waals surface area contributed by atoms with Gasteiger partial charge in [-0.15, -0.1) is 0 Å². The van der Waals surface area contributed by atoms with Crippen molar-refractivity contribution in [3.05, 3.63) is 0 Å². The maximum Gasteiger partial charge on any atom is 0.340 e. The summed E-state index contributed by atoms with van der Waals surface area (Å²) in [6, 6.07) is 0. The molecule has 12 heavy (non-hydrogen) atoms. The maximum absolute atomic E-state index is 10.8. The molecule has 0 aliphatic carbocycles. The number of carbonyl (C=O) groups excluding carboxylic acids is 1. The molecule has 0 rings (SSSR count). The first kappa shape index (κ1) is 11.1. The molecule has 0 aromatic heterocycles. The van der Waals surface area contributed by atoms with E-state index < -0.39 is 17.9 Å². The van der Waals surface area contributed by atoms with Crippen LogP contribution < -0.4 is 0 Å². The number of ketones is 1. The van der Waals surface area contributed by atoms with Gasteiger partial charge in [-0.05, 0) is 6.42 Å². The third kappa shape index (κ3) is 4.08. The van der Waals surface area contributed by atoms with Crippen LogP contribution in [0.5, 0.6) is 0 Å². The van der Waals surface area contributed by atoms with E-state index >= 15 is 0 Å². The first-order valence-electron chi connectivity index (χ1n) is 4.03. The summed E-state index contributed by atoms with van der Waals surface area (Å²) in [5.74, 6) is -2.06. The van der Waals surface area contributed by atoms with Crippen LogP contribution in [0.2, 0.25) is 0 Å². The number of carboxylic acids is 1. The Hall–Kier alpha value is -0.900. The van der Waals surface area contributed by atoms with E-state index in [9.17, 15) is 9.59 Å². The van der Waals surface area contributed by atoms with Gasteiger partial charge in [0.1, 0.15) is 0 Å². The molecule has 0 aromatic rings. The summed E-state index contributed by atoms with van der Waals surface area (Å²) < 4.78 is 0. The van der Waals surface area contributed by atoms with Gasteiger partial charge in [0, 0.05) is 6.42 Å². The molecule has 0 bridgehead atoms. The lowest BCUT2D eigenvalue weighted by Crippen LogP contribution is -2.29. The average molecular weight is 174 g/mol. The van der Waals surface area contributed by atoms with Crippen LogP contribution in [0.4, 0.5) is 0 Å². The fourth-order valence-electron chi connectivity index (χ4n) is 0.824. The monoisotopic (exact) mass is 174 g/mol. The molecule has 0 aromatic carbocycles. The Kier molecular flexibility index (Phi) is 5.28. The summed E-state index contributed by atoms with van der Waals surface area (Å²) >= 11 is 0. The number of hydrogen-bond donors (Lipinski definition) is 2. The van der Waals surface area contributed by atoms with E-state index in [1.807, 2.05) is 6.92 Å². The van der Waals surface area contributed by atoms with Crippen molar-refractivity contribution in [2.45, 2.75) is 38.7 Å². The van der Waals surface area contributed by atoms with Crippen molar-refractivity contribution in [2.24, 2.45) is 0 Å². The first-order valence-corrected chi connectivity index (χ1v) is 4.03. The number of hydrogen-bond acceptors (Lipinski definition) is 3. The number of aliphatic carboxylic acids is 1. The molecule has 70 valence electrons. The van der Waals surface area contributed by atoms with E-state index in [0.29, 0.717) is 6.42 Å². The van der Waals surface area contributed by atoms with Gasteiger partial charge in [0.2, 0.25) is 6.10 Å². The zero-order chi connectivity index (χ0) is 9.56. The second kappa shape index (κ2) is 5.71. The molecule has 0 radical (unpaired) electrons. The summed E-state index contributed by atoms with van der Waals surface area (Å²) in [6.45, 7) is 1.98. The van der Waals surface area contributed by atoms with Gasteiger partial charge >= 0.3 is 5.97 Å². The fourth-order valence-corrected chi connectivity index (χ4v) is 0.824. The number of carbonyl (C=O) groups is 2. The van der Waals surface area contributed by atoms with Crippen LogP contribution in [-0.2, 0) is 9.59 Å². The molecule has 0 saturated carbocycles. The van der Waals surface area contributed by atoms with Crippen LogP contribution in [-0.4, -0.2) is 28.1 Å². The minimum atomic E-state index is -1.83. The molecule has 1 unspecified atom stereocenters. The number of aliphatic hydroxyl groups excluding tert-OH is 1. The van der Waals surface area contributed by atoms with Crippen LogP contribution in [0.25, 0.3) is 0 Å². The van der Waals surface area contributed by atoms with Gasteiger partial charge in [0.05, 0.1) is 0 Å². The van der Waals surface area contributed by atoms with Crippen molar-refractivity contribution in [2.75, 3.05) is 0 Å². The maximum atomic E-state index is 10.8. The van der Waals surface area contributed by atoms with Crippen molar-refractivity contribution in [3.63, 3.8) is 0 Å². The quantitative estimate of drug-likeness (QED) is 0.456. The molecule has 4 nitrogen and oxygen atoms in total. The fraction of sp³-hybridized carbons (Fsp3) is 0.750. The Morgan fingerprint density at radius 2 is 1.92 bits per heavy atom. The molecule has 0 heterocycles. The van der Waals surface area contributed by atoms with Crippen molar-refractivity contribution >= 4 is 11.8 Å². The van der Waals surface area contributed by atoms with Gasteiger partial charge < -0.3 is 10.2 Å². The van der Waals surface area contributed by atoms with Crippen molar-refractivity contribution in [3.8, 4) is 0 Å². The second-order valence-electron chi connectivity index (χ2n) is 2.66. The lowest BCUT2D eigenvalue weighted by atomic mass is 10.1. The lowest BCUT2D eigenvalue weighted by molar-refractivity contribution is -0.152. The summed E-state index contributed by atoms with van der Waals surface area (Å²) in [7, 11) is 0. The molecule has 0 fully saturated rings. The topological polar surface area (TPSA) is 74.6 Å². The van der Waals surface area contributed by atoms with Gasteiger partial charge in [0.25, 0.3) is 0 Å². The molecule has 0 aliphatic rings. The highest BCUT2D eigenvalue weighted by Crippen LogP contribution is 2.02. The standard InChI is InChI=1S/C8H14O4/c1-2-3-4-5-6(9)7(10)8(11)12/h7,10H,2-5H2,1H3,(H,11,12). The molecule has 0 amide bonds. The zero-order valence-electron chi connectivity index (χ0n) is 7.12. The van der Waals surface area contributed by atoms with Gasteiger partial charge in [0.15, 0.2) is 5.78 Å². The van der Waals surface area contributed by atoms with Gasteiger partial charge in [-0.25, -0.2) is 4.79 Å².